The number of hydrogen-bond donors (Lipinski definition) is 1. The monoisotopic (exact) mass is 384 g/mol. The minimum absolute atomic E-state index is 0.0676. The van der Waals surface area contributed by atoms with Crippen molar-refractivity contribution < 1.29 is 14.3 Å². The van der Waals surface area contributed by atoms with Crippen LogP contribution in [0, 0.1) is 6.92 Å². The van der Waals surface area contributed by atoms with E-state index in [2.05, 4.69) is 22.5 Å². The van der Waals surface area contributed by atoms with Gasteiger partial charge in [-0.3, -0.25) is 14.3 Å². The summed E-state index contributed by atoms with van der Waals surface area (Å²) >= 11 is 0. The molecular formula is C21H28N4O3. The van der Waals surface area contributed by atoms with Crippen LogP contribution in [0.15, 0.2) is 36.4 Å². The molecule has 28 heavy (non-hydrogen) atoms. The summed E-state index contributed by atoms with van der Waals surface area (Å²) in [6.45, 7) is 6.22. The van der Waals surface area contributed by atoms with Crippen molar-refractivity contribution in [3.63, 3.8) is 0 Å². The second-order valence-corrected chi connectivity index (χ2v) is 7.23. The summed E-state index contributed by atoms with van der Waals surface area (Å²) in [7, 11) is 0. The minimum atomic E-state index is -0.109. The van der Waals surface area contributed by atoms with Gasteiger partial charge in [0.25, 0.3) is 5.91 Å². The molecule has 3 rings (SSSR count). The first-order valence-electron chi connectivity index (χ1n) is 9.77. The van der Waals surface area contributed by atoms with Crippen molar-refractivity contribution in [3.8, 4) is 0 Å². The molecule has 1 N–H and O–H groups in total. The molecule has 1 aromatic heterocycles. The topological polar surface area (TPSA) is 76.5 Å². The number of amides is 2. The van der Waals surface area contributed by atoms with Crippen LogP contribution in [0.4, 0.5) is 0 Å². The Morgan fingerprint density at radius 2 is 1.93 bits per heavy atom. The number of nitrogens with one attached hydrogen (secondary N) is 1. The van der Waals surface area contributed by atoms with Crippen molar-refractivity contribution in [2.75, 3.05) is 26.3 Å². The van der Waals surface area contributed by atoms with E-state index in [0.717, 1.165) is 18.5 Å². The SMILES string of the molecule is Cc1cc(C(=O)N2CCOCC2)nn1CC(=O)NC(C)CCc1ccccc1. The summed E-state index contributed by atoms with van der Waals surface area (Å²) in [5.74, 6) is -0.209. The molecule has 1 atom stereocenters. The van der Waals surface area contributed by atoms with E-state index in [1.165, 1.54) is 5.56 Å². The van der Waals surface area contributed by atoms with Gasteiger partial charge in [0.15, 0.2) is 5.69 Å². The lowest BCUT2D eigenvalue weighted by Gasteiger charge is -2.25. The van der Waals surface area contributed by atoms with Gasteiger partial charge in [0, 0.05) is 24.8 Å². The number of carbonyl (C=O) groups is 2. The molecule has 1 aliphatic rings. The van der Waals surface area contributed by atoms with Gasteiger partial charge in [-0.1, -0.05) is 30.3 Å². The van der Waals surface area contributed by atoms with Gasteiger partial charge in [0.2, 0.25) is 5.91 Å². The van der Waals surface area contributed by atoms with E-state index >= 15 is 0 Å². The summed E-state index contributed by atoms with van der Waals surface area (Å²) in [4.78, 5) is 26.7. The Morgan fingerprint density at radius 1 is 1.21 bits per heavy atom. The first-order valence-corrected chi connectivity index (χ1v) is 9.77. The van der Waals surface area contributed by atoms with Crippen molar-refractivity contribution in [2.45, 2.75) is 39.3 Å². The fourth-order valence-corrected chi connectivity index (χ4v) is 3.26. The van der Waals surface area contributed by atoms with Crippen LogP contribution in [0.2, 0.25) is 0 Å². The highest BCUT2D eigenvalue weighted by molar-refractivity contribution is 5.92. The van der Waals surface area contributed by atoms with E-state index < -0.39 is 0 Å². The summed E-state index contributed by atoms with van der Waals surface area (Å²) < 4.78 is 6.87. The number of hydrogen-bond acceptors (Lipinski definition) is 4. The first kappa shape index (κ1) is 20.1. The highest BCUT2D eigenvalue weighted by Crippen LogP contribution is 2.09. The Kier molecular flexibility index (Phi) is 6.81. The maximum atomic E-state index is 12.5. The number of aromatic nitrogens is 2. The fourth-order valence-electron chi connectivity index (χ4n) is 3.26. The van der Waals surface area contributed by atoms with E-state index in [1.54, 1.807) is 15.6 Å². The highest BCUT2D eigenvalue weighted by atomic mass is 16.5. The Hall–Kier alpha value is -2.67. The van der Waals surface area contributed by atoms with Crippen LogP contribution in [0.3, 0.4) is 0 Å². The first-order chi connectivity index (χ1) is 13.5. The van der Waals surface area contributed by atoms with Gasteiger partial charge in [-0.25, -0.2) is 0 Å². The van der Waals surface area contributed by atoms with E-state index in [9.17, 15) is 9.59 Å². The number of nitrogens with zero attached hydrogens (tertiary/aromatic N) is 3. The molecular weight excluding hydrogens is 356 g/mol. The van der Waals surface area contributed by atoms with Gasteiger partial charge in [0.05, 0.1) is 13.2 Å². The number of ether oxygens (including phenoxy) is 1. The molecule has 2 heterocycles. The van der Waals surface area contributed by atoms with Crippen LogP contribution in [0.1, 0.15) is 35.1 Å². The average molecular weight is 384 g/mol. The van der Waals surface area contributed by atoms with Gasteiger partial charge in [-0.2, -0.15) is 5.10 Å². The van der Waals surface area contributed by atoms with Gasteiger partial charge in [-0.05, 0) is 38.3 Å². The van der Waals surface area contributed by atoms with Crippen molar-refractivity contribution in [1.29, 1.82) is 0 Å². The maximum absolute atomic E-state index is 12.5. The zero-order chi connectivity index (χ0) is 19.9. The van der Waals surface area contributed by atoms with Crippen molar-refractivity contribution in [1.82, 2.24) is 20.0 Å². The number of rotatable bonds is 7. The molecule has 0 bridgehead atoms. The molecule has 1 aliphatic heterocycles. The van der Waals surface area contributed by atoms with Crippen LogP contribution >= 0.6 is 0 Å². The summed E-state index contributed by atoms with van der Waals surface area (Å²) in [5.41, 5.74) is 2.44. The second-order valence-electron chi connectivity index (χ2n) is 7.23. The molecule has 1 unspecified atom stereocenters. The van der Waals surface area contributed by atoms with E-state index in [0.29, 0.717) is 32.0 Å². The quantitative estimate of drug-likeness (QED) is 0.790. The lowest BCUT2D eigenvalue weighted by Crippen LogP contribution is -2.41. The van der Waals surface area contributed by atoms with Gasteiger partial charge >= 0.3 is 0 Å². The Bertz CT molecular complexity index is 797. The molecule has 1 aromatic carbocycles. The average Bonchev–Trinajstić information content (AvgIpc) is 3.07. The minimum Gasteiger partial charge on any atom is -0.378 e. The predicted molar refractivity (Wildman–Crippen MR) is 106 cm³/mol. The summed E-state index contributed by atoms with van der Waals surface area (Å²) in [6, 6.07) is 12.0. The lowest BCUT2D eigenvalue weighted by atomic mass is 10.1. The third-order valence-corrected chi connectivity index (χ3v) is 4.91. The van der Waals surface area contributed by atoms with Crippen LogP contribution in [0.25, 0.3) is 0 Å². The zero-order valence-corrected chi connectivity index (χ0v) is 16.6. The number of benzene rings is 1. The smallest absolute Gasteiger partial charge is 0.274 e. The van der Waals surface area contributed by atoms with Gasteiger partial charge in [-0.15, -0.1) is 0 Å². The Balaban J connectivity index is 1.50. The molecule has 2 amide bonds. The number of carbonyl (C=O) groups excluding carboxylic acids is 2. The summed E-state index contributed by atoms with van der Waals surface area (Å²) in [6.07, 6.45) is 1.79. The van der Waals surface area contributed by atoms with Crippen LogP contribution < -0.4 is 5.32 Å². The number of morpholine rings is 1. The molecule has 1 fully saturated rings. The maximum Gasteiger partial charge on any atom is 0.274 e. The standard InChI is InChI=1S/C21H28N4O3/c1-16(8-9-18-6-4-3-5-7-18)22-20(26)15-25-17(2)14-19(23-25)21(27)24-10-12-28-13-11-24/h3-7,14,16H,8-13,15H2,1-2H3,(H,22,26). The largest absolute Gasteiger partial charge is 0.378 e. The molecule has 0 aliphatic carbocycles. The second kappa shape index (κ2) is 9.50. The third kappa shape index (κ3) is 5.42. The molecule has 0 spiro atoms. The van der Waals surface area contributed by atoms with Crippen LogP contribution in [-0.2, 0) is 22.5 Å². The van der Waals surface area contributed by atoms with Crippen LogP contribution in [0.5, 0.6) is 0 Å². The van der Waals surface area contributed by atoms with Crippen molar-refractivity contribution in [3.05, 3.63) is 53.3 Å². The molecule has 150 valence electrons. The van der Waals surface area contributed by atoms with E-state index in [-0.39, 0.29) is 24.4 Å². The predicted octanol–water partition coefficient (Wildman–Crippen LogP) is 1.80. The third-order valence-electron chi connectivity index (χ3n) is 4.91. The molecule has 0 radical (unpaired) electrons. The zero-order valence-electron chi connectivity index (χ0n) is 16.6. The van der Waals surface area contributed by atoms with Crippen molar-refractivity contribution >= 4 is 11.8 Å². The Morgan fingerprint density at radius 3 is 2.64 bits per heavy atom. The Labute approximate surface area is 165 Å². The van der Waals surface area contributed by atoms with E-state index in [4.69, 9.17) is 4.74 Å². The molecule has 7 nitrogen and oxygen atoms in total. The normalized spacial score (nSPS) is 15.3. The van der Waals surface area contributed by atoms with E-state index in [1.807, 2.05) is 32.0 Å². The molecule has 7 heteroatoms. The van der Waals surface area contributed by atoms with Crippen molar-refractivity contribution in [2.24, 2.45) is 0 Å². The van der Waals surface area contributed by atoms with Crippen LogP contribution in [-0.4, -0.2) is 58.8 Å². The van der Waals surface area contributed by atoms with Gasteiger partial charge in [0.1, 0.15) is 6.54 Å². The number of aryl methyl sites for hydroxylation is 2. The highest BCUT2D eigenvalue weighted by Gasteiger charge is 2.22. The molecule has 0 saturated carbocycles. The summed E-state index contributed by atoms with van der Waals surface area (Å²) in [5, 5.41) is 7.37. The fraction of sp³-hybridized carbons (Fsp3) is 0.476. The lowest BCUT2D eigenvalue weighted by molar-refractivity contribution is -0.122. The van der Waals surface area contributed by atoms with Gasteiger partial charge < -0.3 is 15.0 Å². The molecule has 1 saturated heterocycles. The molecule has 2 aromatic rings.